The lowest BCUT2D eigenvalue weighted by Gasteiger charge is -2.03. The number of nitrogens with zero attached hydrogens (tertiary/aromatic N) is 2. The van der Waals surface area contributed by atoms with Crippen molar-refractivity contribution in [2.75, 3.05) is 6.61 Å². The molecule has 0 aliphatic carbocycles. The summed E-state index contributed by atoms with van der Waals surface area (Å²) in [6.45, 7) is 4.88. The highest BCUT2D eigenvalue weighted by atomic mass is 16.5. The van der Waals surface area contributed by atoms with Gasteiger partial charge >= 0.3 is 0 Å². The highest BCUT2D eigenvalue weighted by Gasteiger charge is 1.94. The fourth-order valence-electron chi connectivity index (χ4n) is 1.61. The first-order valence-electron chi connectivity index (χ1n) is 6.89. The number of aryl methyl sites for hydroxylation is 1. The number of benzene rings is 1. The van der Waals surface area contributed by atoms with Crippen LogP contribution in [0.5, 0.6) is 5.75 Å². The molecular formula is C17H18N2O. The Morgan fingerprint density at radius 3 is 2.35 bits per heavy atom. The van der Waals surface area contributed by atoms with Crippen LogP contribution in [-0.4, -0.2) is 16.8 Å². The maximum atomic E-state index is 5.53. The summed E-state index contributed by atoms with van der Waals surface area (Å²) in [4.78, 5) is 0. The zero-order valence-electron chi connectivity index (χ0n) is 11.9. The van der Waals surface area contributed by atoms with Crippen molar-refractivity contribution >= 4 is 0 Å². The topological polar surface area (TPSA) is 35.0 Å². The molecule has 0 saturated heterocycles. The monoisotopic (exact) mass is 266 g/mol. The van der Waals surface area contributed by atoms with Crippen LogP contribution in [0.4, 0.5) is 0 Å². The third-order valence-electron chi connectivity index (χ3n) is 2.74. The zero-order valence-corrected chi connectivity index (χ0v) is 11.9. The van der Waals surface area contributed by atoms with Gasteiger partial charge in [-0.05, 0) is 55.2 Å². The van der Waals surface area contributed by atoms with Crippen molar-refractivity contribution < 1.29 is 4.74 Å². The molecule has 102 valence electrons. The number of ether oxygens (including phenoxy) is 1. The van der Waals surface area contributed by atoms with Gasteiger partial charge in [-0.15, -0.1) is 5.10 Å². The molecule has 0 amide bonds. The number of rotatable bonds is 4. The lowest BCUT2D eigenvalue weighted by molar-refractivity contribution is 0.317. The fourth-order valence-corrected chi connectivity index (χ4v) is 1.61. The first kappa shape index (κ1) is 14.1. The lowest BCUT2D eigenvalue weighted by Crippen LogP contribution is -1.94. The van der Waals surface area contributed by atoms with Crippen molar-refractivity contribution in [3.63, 3.8) is 0 Å². The minimum atomic E-state index is 0.688. The van der Waals surface area contributed by atoms with Crippen molar-refractivity contribution in [2.45, 2.75) is 26.7 Å². The molecule has 2 aromatic rings. The average Bonchev–Trinajstić information content (AvgIpc) is 2.52. The Kier molecular flexibility index (Phi) is 5.14. The van der Waals surface area contributed by atoms with Crippen molar-refractivity contribution in [1.29, 1.82) is 0 Å². The SMILES string of the molecule is CCCOc1ccc(C#Cc2ccc(CC)nn2)cc1. The summed E-state index contributed by atoms with van der Waals surface area (Å²) in [5.74, 6) is 6.96. The number of aromatic nitrogens is 2. The number of hydrogen-bond donors (Lipinski definition) is 0. The first-order valence-corrected chi connectivity index (χ1v) is 6.89. The molecule has 0 saturated carbocycles. The molecule has 0 fully saturated rings. The van der Waals surface area contributed by atoms with Crippen LogP contribution in [0.3, 0.4) is 0 Å². The van der Waals surface area contributed by atoms with E-state index < -0.39 is 0 Å². The predicted molar refractivity (Wildman–Crippen MR) is 79.6 cm³/mol. The van der Waals surface area contributed by atoms with Crippen LogP contribution < -0.4 is 4.74 Å². The summed E-state index contributed by atoms with van der Waals surface area (Å²) in [5, 5.41) is 8.16. The van der Waals surface area contributed by atoms with E-state index in [0.717, 1.165) is 36.5 Å². The molecule has 2 rings (SSSR count). The third kappa shape index (κ3) is 4.10. The highest BCUT2D eigenvalue weighted by molar-refractivity contribution is 5.42. The molecule has 1 aromatic carbocycles. The maximum Gasteiger partial charge on any atom is 0.136 e. The van der Waals surface area contributed by atoms with Crippen molar-refractivity contribution in [1.82, 2.24) is 10.2 Å². The van der Waals surface area contributed by atoms with Gasteiger partial charge < -0.3 is 4.74 Å². The lowest BCUT2D eigenvalue weighted by atomic mass is 10.2. The van der Waals surface area contributed by atoms with E-state index in [2.05, 4.69) is 35.9 Å². The van der Waals surface area contributed by atoms with E-state index in [1.54, 1.807) is 0 Å². The minimum absolute atomic E-state index is 0.688. The van der Waals surface area contributed by atoms with Crippen LogP contribution in [0.1, 0.15) is 37.2 Å². The summed E-state index contributed by atoms with van der Waals surface area (Å²) in [6, 6.07) is 11.6. The quantitative estimate of drug-likeness (QED) is 0.797. The Balaban J connectivity index is 2.04. The van der Waals surface area contributed by atoms with Crippen LogP contribution >= 0.6 is 0 Å². The minimum Gasteiger partial charge on any atom is -0.494 e. The van der Waals surface area contributed by atoms with E-state index >= 15 is 0 Å². The van der Waals surface area contributed by atoms with Gasteiger partial charge in [0, 0.05) is 5.56 Å². The zero-order chi connectivity index (χ0) is 14.2. The Morgan fingerprint density at radius 1 is 0.950 bits per heavy atom. The number of hydrogen-bond acceptors (Lipinski definition) is 3. The van der Waals surface area contributed by atoms with Crippen LogP contribution in [0.15, 0.2) is 36.4 Å². The van der Waals surface area contributed by atoms with E-state index in [0.29, 0.717) is 5.69 Å². The van der Waals surface area contributed by atoms with Gasteiger partial charge in [-0.1, -0.05) is 19.8 Å². The van der Waals surface area contributed by atoms with E-state index in [1.807, 2.05) is 36.4 Å². The molecule has 0 atom stereocenters. The van der Waals surface area contributed by atoms with Gasteiger partial charge in [0.15, 0.2) is 0 Å². The van der Waals surface area contributed by atoms with Crippen LogP contribution in [0, 0.1) is 11.8 Å². The largest absolute Gasteiger partial charge is 0.494 e. The maximum absolute atomic E-state index is 5.53. The molecular weight excluding hydrogens is 248 g/mol. The van der Waals surface area contributed by atoms with Crippen LogP contribution in [-0.2, 0) is 6.42 Å². The van der Waals surface area contributed by atoms with Gasteiger partial charge in [0.2, 0.25) is 0 Å². The molecule has 0 spiro atoms. The smallest absolute Gasteiger partial charge is 0.136 e. The molecule has 0 N–H and O–H groups in total. The van der Waals surface area contributed by atoms with Gasteiger partial charge in [0.05, 0.1) is 12.3 Å². The van der Waals surface area contributed by atoms with Crippen LogP contribution in [0.25, 0.3) is 0 Å². The second-order valence-corrected chi connectivity index (χ2v) is 4.39. The summed E-state index contributed by atoms with van der Waals surface area (Å²) in [5.41, 5.74) is 2.61. The van der Waals surface area contributed by atoms with Gasteiger partial charge in [0.25, 0.3) is 0 Å². The molecule has 0 radical (unpaired) electrons. The normalized spacial score (nSPS) is 9.70. The molecule has 1 aromatic heterocycles. The molecule has 0 bridgehead atoms. The summed E-state index contributed by atoms with van der Waals surface area (Å²) in [7, 11) is 0. The van der Waals surface area contributed by atoms with Crippen molar-refractivity contribution in [2.24, 2.45) is 0 Å². The second-order valence-electron chi connectivity index (χ2n) is 4.39. The molecule has 3 nitrogen and oxygen atoms in total. The van der Waals surface area contributed by atoms with E-state index in [1.165, 1.54) is 0 Å². The van der Waals surface area contributed by atoms with Gasteiger partial charge in [0.1, 0.15) is 11.4 Å². The van der Waals surface area contributed by atoms with Crippen molar-refractivity contribution in [3.8, 4) is 17.6 Å². The van der Waals surface area contributed by atoms with E-state index in [9.17, 15) is 0 Å². The second kappa shape index (κ2) is 7.30. The fraction of sp³-hybridized carbons (Fsp3) is 0.294. The van der Waals surface area contributed by atoms with Crippen LogP contribution in [0.2, 0.25) is 0 Å². The Bertz CT molecular complexity index is 592. The standard InChI is InChI=1S/C17H18N2O/c1-3-13-20-17-11-6-14(7-12-17)5-8-16-10-9-15(4-2)18-19-16/h6-7,9-12H,3-4,13H2,1-2H3. The van der Waals surface area contributed by atoms with Gasteiger partial charge in [-0.3, -0.25) is 0 Å². The van der Waals surface area contributed by atoms with Crippen molar-refractivity contribution in [3.05, 3.63) is 53.3 Å². The summed E-state index contributed by atoms with van der Waals surface area (Å²) < 4.78 is 5.53. The molecule has 3 heteroatoms. The molecule has 0 aliphatic heterocycles. The Labute approximate surface area is 120 Å². The summed E-state index contributed by atoms with van der Waals surface area (Å²) in [6.07, 6.45) is 1.90. The molecule has 0 aliphatic rings. The van der Waals surface area contributed by atoms with Gasteiger partial charge in [-0.25, -0.2) is 0 Å². The van der Waals surface area contributed by atoms with E-state index in [-0.39, 0.29) is 0 Å². The predicted octanol–water partition coefficient (Wildman–Crippen LogP) is 3.23. The molecule has 20 heavy (non-hydrogen) atoms. The third-order valence-corrected chi connectivity index (χ3v) is 2.74. The molecule has 1 heterocycles. The highest BCUT2D eigenvalue weighted by Crippen LogP contribution is 2.11. The average molecular weight is 266 g/mol. The van der Waals surface area contributed by atoms with E-state index in [4.69, 9.17) is 4.74 Å². The van der Waals surface area contributed by atoms with Gasteiger partial charge in [-0.2, -0.15) is 5.10 Å². The first-order chi connectivity index (χ1) is 9.81. The Hall–Kier alpha value is -2.34. The summed E-state index contributed by atoms with van der Waals surface area (Å²) >= 11 is 0. The molecule has 0 unspecified atom stereocenters. The Morgan fingerprint density at radius 2 is 1.75 bits per heavy atom.